The van der Waals surface area contributed by atoms with E-state index in [1.807, 2.05) is 13.8 Å². The van der Waals surface area contributed by atoms with Crippen LogP contribution in [-0.4, -0.2) is 31.9 Å². The molecule has 2 aromatic heterocycles. The van der Waals surface area contributed by atoms with Crippen LogP contribution in [0.4, 0.5) is 0 Å². The summed E-state index contributed by atoms with van der Waals surface area (Å²) >= 11 is 0. The van der Waals surface area contributed by atoms with Crippen LogP contribution in [0, 0.1) is 13.8 Å². The summed E-state index contributed by atoms with van der Waals surface area (Å²) < 4.78 is 40.7. The van der Waals surface area contributed by atoms with Crippen molar-refractivity contribution in [1.29, 1.82) is 0 Å². The first-order valence-electron chi connectivity index (χ1n) is 8.10. The second kappa shape index (κ2) is 7.35. The van der Waals surface area contributed by atoms with Crippen molar-refractivity contribution in [2.75, 3.05) is 13.7 Å². The molecule has 0 fully saturated rings. The predicted octanol–water partition coefficient (Wildman–Crippen LogP) is 2.67. The van der Waals surface area contributed by atoms with E-state index >= 15 is 0 Å². The summed E-state index contributed by atoms with van der Waals surface area (Å²) in [6.45, 7) is 3.86. The van der Waals surface area contributed by atoms with Gasteiger partial charge in [0.2, 0.25) is 10.0 Å². The first-order valence-corrected chi connectivity index (χ1v) is 9.58. The summed E-state index contributed by atoms with van der Waals surface area (Å²) in [7, 11) is -2.32. The zero-order chi connectivity index (χ0) is 18.7. The van der Waals surface area contributed by atoms with Crippen molar-refractivity contribution in [3.05, 3.63) is 65.9 Å². The molecule has 3 rings (SSSR count). The molecule has 0 saturated carbocycles. The molecule has 8 heteroatoms. The molecule has 0 aliphatic carbocycles. The Kier molecular flexibility index (Phi) is 5.15. The maximum Gasteiger partial charge on any atom is 0.244 e. The maximum absolute atomic E-state index is 12.9. The number of aryl methyl sites for hydroxylation is 2. The number of nitrogens with zero attached hydrogens (tertiary/aromatic N) is 2. The molecule has 1 atom stereocenters. The number of benzene rings is 1. The normalized spacial score (nSPS) is 12.9. The van der Waals surface area contributed by atoms with Gasteiger partial charge in [-0.25, -0.2) is 13.1 Å². The van der Waals surface area contributed by atoms with E-state index < -0.39 is 16.1 Å². The van der Waals surface area contributed by atoms with Crippen LogP contribution in [-0.2, 0) is 10.0 Å². The molecule has 138 valence electrons. The van der Waals surface area contributed by atoms with Crippen molar-refractivity contribution in [3.8, 4) is 5.75 Å². The van der Waals surface area contributed by atoms with Crippen molar-refractivity contribution < 1.29 is 17.6 Å². The Morgan fingerprint density at radius 3 is 2.65 bits per heavy atom. The van der Waals surface area contributed by atoms with Crippen LogP contribution in [0.25, 0.3) is 0 Å². The first kappa shape index (κ1) is 18.2. The fourth-order valence-corrected chi connectivity index (χ4v) is 3.94. The van der Waals surface area contributed by atoms with Crippen molar-refractivity contribution in [1.82, 2.24) is 14.5 Å². The third-order valence-corrected chi connectivity index (χ3v) is 5.70. The standard InChI is InChI=1S/C18H21N3O4S/c1-13-10-17(24-3)18(11-14(13)2)26(22,23)20-12-15(16-6-4-9-25-16)21-8-5-7-19-21/h4-11,15,20H,12H2,1-3H3. The summed E-state index contributed by atoms with van der Waals surface area (Å²) in [5.74, 6) is 0.928. The fourth-order valence-electron chi connectivity index (χ4n) is 2.67. The summed E-state index contributed by atoms with van der Waals surface area (Å²) in [5.41, 5.74) is 1.84. The summed E-state index contributed by atoms with van der Waals surface area (Å²) in [6, 6.07) is 8.27. The van der Waals surface area contributed by atoms with Gasteiger partial charge >= 0.3 is 0 Å². The van der Waals surface area contributed by atoms with Crippen LogP contribution in [0.5, 0.6) is 5.75 Å². The van der Waals surface area contributed by atoms with Crippen LogP contribution < -0.4 is 9.46 Å². The molecule has 0 aliphatic heterocycles. The third-order valence-electron chi connectivity index (χ3n) is 4.25. The largest absolute Gasteiger partial charge is 0.495 e. The molecule has 2 heterocycles. The van der Waals surface area contributed by atoms with Gasteiger partial charge in [0.25, 0.3) is 0 Å². The van der Waals surface area contributed by atoms with Crippen LogP contribution in [0.2, 0.25) is 0 Å². The molecule has 0 amide bonds. The number of nitrogens with one attached hydrogen (secondary N) is 1. The van der Waals surface area contributed by atoms with Crippen LogP contribution in [0.15, 0.2) is 58.3 Å². The van der Waals surface area contributed by atoms with E-state index in [4.69, 9.17) is 9.15 Å². The minimum absolute atomic E-state index is 0.0909. The van der Waals surface area contributed by atoms with Gasteiger partial charge in [0.1, 0.15) is 22.4 Å². The highest BCUT2D eigenvalue weighted by Crippen LogP contribution is 2.27. The Labute approximate surface area is 152 Å². The van der Waals surface area contributed by atoms with Crippen LogP contribution in [0.1, 0.15) is 22.9 Å². The Hall–Kier alpha value is -2.58. The van der Waals surface area contributed by atoms with E-state index in [-0.39, 0.29) is 11.4 Å². The van der Waals surface area contributed by atoms with Gasteiger partial charge < -0.3 is 9.15 Å². The molecule has 3 aromatic rings. The Morgan fingerprint density at radius 1 is 1.27 bits per heavy atom. The van der Waals surface area contributed by atoms with Gasteiger partial charge in [-0.1, -0.05) is 0 Å². The second-order valence-corrected chi connectivity index (χ2v) is 7.69. The number of rotatable bonds is 7. The lowest BCUT2D eigenvalue weighted by atomic mass is 10.1. The van der Waals surface area contributed by atoms with E-state index in [2.05, 4.69) is 9.82 Å². The molecule has 7 nitrogen and oxygen atoms in total. The minimum Gasteiger partial charge on any atom is -0.495 e. The average molecular weight is 375 g/mol. The summed E-state index contributed by atoms with van der Waals surface area (Å²) in [6.07, 6.45) is 4.95. The number of methoxy groups -OCH3 is 1. The molecule has 0 spiro atoms. The highest BCUT2D eigenvalue weighted by molar-refractivity contribution is 7.89. The molecule has 0 aliphatic rings. The lowest BCUT2D eigenvalue weighted by molar-refractivity contribution is 0.397. The molecule has 1 aromatic carbocycles. The van der Waals surface area contributed by atoms with E-state index in [9.17, 15) is 8.42 Å². The third kappa shape index (κ3) is 3.66. The number of hydrogen-bond acceptors (Lipinski definition) is 5. The van der Waals surface area contributed by atoms with Gasteiger partial charge in [-0.2, -0.15) is 5.10 Å². The van der Waals surface area contributed by atoms with Crippen molar-refractivity contribution in [2.45, 2.75) is 24.8 Å². The minimum atomic E-state index is -3.78. The fraction of sp³-hybridized carbons (Fsp3) is 0.278. The second-order valence-electron chi connectivity index (χ2n) is 5.96. The molecule has 1 N–H and O–H groups in total. The Morgan fingerprint density at radius 2 is 2.04 bits per heavy atom. The van der Waals surface area contributed by atoms with E-state index in [0.717, 1.165) is 11.1 Å². The zero-order valence-electron chi connectivity index (χ0n) is 14.8. The molecule has 26 heavy (non-hydrogen) atoms. The highest BCUT2D eigenvalue weighted by atomic mass is 32.2. The van der Waals surface area contributed by atoms with E-state index in [1.165, 1.54) is 7.11 Å². The Bertz CT molecular complexity index is 930. The molecular weight excluding hydrogens is 354 g/mol. The highest BCUT2D eigenvalue weighted by Gasteiger charge is 2.24. The Balaban J connectivity index is 1.89. The van der Waals surface area contributed by atoms with E-state index in [0.29, 0.717) is 11.5 Å². The zero-order valence-corrected chi connectivity index (χ0v) is 15.7. The number of furan rings is 1. The topological polar surface area (TPSA) is 86.4 Å². The SMILES string of the molecule is COc1cc(C)c(C)cc1S(=O)(=O)NCC(c1ccco1)n1cccn1. The lowest BCUT2D eigenvalue weighted by Gasteiger charge is -2.18. The lowest BCUT2D eigenvalue weighted by Crippen LogP contribution is -2.31. The predicted molar refractivity (Wildman–Crippen MR) is 96.7 cm³/mol. The van der Waals surface area contributed by atoms with Gasteiger partial charge in [-0.15, -0.1) is 0 Å². The number of aromatic nitrogens is 2. The van der Waals surface area contributed by atoms with E-state index in [1.54, 1.807) is 53.7 Å². The van der Waals surface area contributed by atoms with Gasteiger partial charge in [-0.3, -0.25) is 4.68 Å². The number of hydrogen-bond donors (Lipinski definition) is 1. The molecule has 0 saturated heterocycles. The number of sulfonamides is 1. The van der Waals surface area contributed by atoms with Gasteiger partial charge in [0.05, 0.1) is 13.4 Å². The average Bonchev–Trinajstić information content (AvgIpc) is 3.31. The monoisotopic (exact) mass is 375 g/mol. The van der Waals surface area contributed by atoms with Crippen molar-refractivity contribution in [3.63, 3.8) is 0 Å². The molecular formula is C18H21N3O4S. The first-order chi connectivity index (χ1) is 12.4. The summed E-state index contributed by atoms with van der Waals surface area (Å²) in [4.78, 5) is 0.113. The van der Waals surface area contributed by atoms with Gasteiger partial charge in [-0.05, 0) is 55.3 Å². The summed E-state index contributed by atoms with van der Waals surface area (Å²) in [5, 5.41) is 4.20. The van der Waals surface area contributed by atoms with Gasteiger partial charge in [0.15, 0.2) is 0 Å². The van der Waals surface area contributed by atoms with Crippen LogP contribution >= 0.6 is 0 Å². The maximum atomic E-state index is 12.9. The molecule has 0 radical (unpaired) electrons. The van der Waals surface area contributed by atoms with Gasteiger partial charge in [0, 0.05) is 18.9 Å². The number of ether oxygens (including phenoxy) is 1. The van der Waals surface area contributed by atoms with Crippen molar-refractivity contribution >= 4 is 10.0 Å². The smallest absolute Gasteiger partial charge is 0.244 e. The quantitative estimate of drug-likeness (QED) is 0.686. The van der Waals surface area contributed by atoms with Crippen LogP contribution in [0.3, 0.4) is 0 Å². The molecule has 0 bridgehead atoms. The molecule has 1 unspecified atom stereocenters. The van der Waals surface area contributed by atoms with Crippen molar-refractivity contribution in [2.24, 2.45) is 0 Å².